The number of rotatable bonds is 9. The number of hydrogen-bond donors (Lipinski definition) is 2. The molecule has 32 heavy (non-hydrogen) atoms. The molecule has 2 N–H and O–H groups in total. The minimum atomic E-state index is -3.85. The summed E-state index contributed by atoms with van der Waals surface area (Å²) >= 11 is 1.28. The van der Waals surface area contributed by atoms with Crippen molar-refractivity contribution in [2.75, 3.05) is 11.9 Å². The lowest BCUT2D eigenvalue weighted by molar-refractivity contribution is -0.143. The van der Waals surface area contributed by atoms with Crippen LogP contribution in [0.1, 0.15) is 21.8 Å². The smallest absolute Gasteiger partial charge is 0.321 e. The number of sulfonamides is 1. The van der Waals surface area contributed by atoms with E-state index in [1.807, 2.05) is 32.0 Å². The monoisotopic (exact) mass is 477 g/mol. The first-order chi connectivity index (χ1) is 15.1. The third kappa shape index (κ3) is 6.45. The van der Waals surface area contributed by atoms with E-state index in [4.69, 9.17) is 4.74 Å². The molecule has 1 aromatic carbocycles. The quantitative estimate of drug-likeness (QED) is 0.448. The molecule has 1 amide bonds. The van der Waals surface area contributed by atoms with Gasteiger partial charge in [0.1, 0.15) is 23.1 Å². The molecule has 2 heterocycles. The van der Waals surface area contributed by atoms with Crippen molar-refractivity contribution in [3.05, 3.63) is 57.8 Å². The molecule has 170 valence electrons. The number of carbonyl (C=O) groups is 2. The molecule has 0 fully saturated rings. The van der Waals surface area contributed by atoms with Gasteiger partial charge in [-0.3, -0.25) is 14.3 Å². The van der Waals surface area contributed by atoms with Gasteiger partial charge in [-0.1, -0.05) is 12.1 Å². The second-order valence-electron chi connectivity index (χ2n) is 7.11. The van der Waals surface area contributed by atoms with Crippen LogP contribution in [0.15, 0.2) is 40.9 Å². The number of anilines is 1. The third-order valence-electron chi connectivity index (χ3n) is 4.36. The summed E-state index contributed by atoms with van der Waals surface area (Å²) in [5.41, 5.74) is 3.25. The number of nitrogens with one attached hydrogen (secondary N) is 2. The number of esters is 1. The summed E-state index contributed by atoms with van der Waals surface area (Å²) in [6.07, 6.45) is 2.60. The average molecular weight is 478 g/mol. The number of ether oxygens (including phenoxy) is 1. The van der Waals surface area contributed by atoms with Crippen LogP contribution in [0.2, 0.25) is 0 Å². The number of aromatic nitrogens is 3. The normalized spacial score (nSPS) is 11.3. The molecule has 3 rings (SSSR count). The summed E-state index contributed by atoms with van der Waals surface area (Å²) in [6, 6.07) is 5.82. The minimum absolute atomic E-state index is 0.0453. The fraction of sp³-hybridized carbons (Fsp3) is 0.300. The van der Waals surface area contributed by atoms with Gasteiger partial charge in [-0.25, -0.2) is 13.4 Å². The minimum Gasteiger partial charge on any atom is -0.458 e. The van der Waals surface area contributed by atoms with E-state index in [-0.39, 0.29) is 23.8 Å². The molecule has 0 unspecified atom stereocenters. The first kappa shape index (κ1) is 23.6. The van der Waals surface area contributed by atoms with Gasteiger partial charge in [-0.05, 0) is 31.0 Å². The van der Waals surface area contributed by atoms with Crippen molar-refractivity contribution >= 4 is 38.9 Å². The number of amides is 1. The maximum absolute atomic E-state index is 12.3. The molecule has 0 atom stereocenters. The molecule has 0 spiro atoms. The van der Waals surface area contributed by atoms with Gasteiger partial charge in [0, 0.05) is 24.3 Å². The Morgan fingerprint density at radius 2 is 2.03 bits per heavy atom. The standard InChI is InChI=1S/C20H23N5O5S2/c1-13-4-5-14(2)17(6-13)24-18(26)7-19-23-15(12-31-19)11-30-20(27)9-22-32(28,29)16-8-21-25(3)10-16/h4-6,8,10,12,22H,7,9,11H2,1-3H3,(H,24,26). The van der Waals surface area contributed by atoms with Gasteiger partial charge in [0.05, 0.1) is 18.3 Å². The predicted octanol–water partition coefficient (Wildman–Crippen LogP) is 1.70. The maximum Gasteiger partial charge on any atom is 0.321 e. The molecule has 12 heteroatoms. The molecule has 0 bridgehead atoms. The van der Waals surface area contributed by atoms with E-state index in [1.165, 1.54) is 28.4 Å². The van der Waals surface area contributed by atoms with Crippen LogP contribution in [-0.4, -0.2) is 41.6 Å². The first-order valence-corrected chi connectivity index (χ1v) is 11.9. The van der Waals surface area contributed by atoms with Crippen LogP contribution in [-0.2, 0) is 44.4 Å². The molecule has 0 radical (unpaired) electrons. The number of carbonyl (C=O) groups excluding carboxylic acids is 2. The van der Waals surface area contributed by atoms with Crippen LogP contribution in [0.3, 0.4) is 0 Å². The van der Waals surface area contributed by atoms with E-state index in [2.05, 4.69) is 20.1 Å². The fourth-order valence-corrected chi connectivity index (χ4v) is 4.41. The molecule has 10 nitrogen and oxygen atoms in total. The molecule has 0 aliphatic carbocycles. The predicted molar refractivity (Wildman–Crippen MR) is 119 cm³/mol. The van der Waals surface area contributed by atoms with Gasteiger partial charge in [0.15, 0.2) is 0 Å². The lowest BCUT2D eigenvalue weighted by atomic mass is 10.1. The summed E-state index contributed by atoms with van der Waals surface area (Å²) in [5, 5.41) is 8.93. The number of benzene rings is 1. The van der Waals surface area contributed by atoms with Crippen molar-refractivity contribution in [2.45, 2.75) is 31.8 Å². The zero-order valence-corrected chi connectivity index (χ0v) is 19.4. The molecular formula is C20H23N5O5S2. The van der Waals surface area contributed by atoms with Crippen LogP contribution >= 0.6 is 11.3 Å². The topological polar surface area (TPSA) is 132 Å². The summed E-state index contributed by atoms with van der Waals surface area (Å²) in [7, 11) is -2.26. The zero-order chi connectivity index (χ0) is 23.3. The number of thiazole rings is 1. The first-order valence-electron chi connectivity index (χ1n) is 9.57. The summed E-state index contributed by atoms with van der Waals surface area (Å²) < 4.78 is 32.7. The largest absolute Gasteiger partial charge is 0.458 e. The van der Waals surface area contributed by atoms with Gasteiger partial charge in [-0.2, -0.15) is 9.82 Å². The summed E-state index contributed by atoms with van der Waals surface area (Å²) in [4.78, 5) is 28.5. The second-order valence-corrected chi connectivity index (χ2v) is 9.82. The highest BCUT2D eigenvalue weighted by Crippen LogP contribution is 2.18. The number of nitrogens with zero attached hydrogens (tertiary/aromatic N) is 3. The fourth-order valence-electron chi connectivity index (χ4n) is 2.68. The summed E-state index contributed by atoms with van der Waals surface area (Å²) in [6.45, 7) is 3.23. The van der Waals surface area contributed by atoms with Crippen molar-refractivity contribution < 1.29 is 22.7 Å². The Morgan fingerprint density at radius 1 is 1.25 bits per heavy atom. The Labute approximate surface area is 189 Å². The van der Waals surface area contributed by atoms with Crippen LogP contribution in [0, 0.1) is 13.8 Å². The molecule has 0 aliphatic heterocycles. The molecule has 0 saturated heterocycles. The Bertz CT molecular complexity index is 1230. The van der Waals surface area contributed by atoms with Crippen LogP contribution in [0.4, 0.5) is 5.69 Å². The lowest BCUT2D eigenvalue weighted by Crippen LogP contribution is -2.30. The van der Waals surface area contributed by atoms with Gasteiger partial charge in [-0.15, -0.1) is 11.3 Å². The highest BCUT2D eigenvalue weighted by molar-refractivity contribution is 7.89. The number of hydrogen-bond acceptors (Lipinski definition) is 8. The Kier molecular flexibility index (Phi) is 7.38. The van der Waals surface area contributed by atoms with E-state index in [1.54, 1.807) is 12.4 Å². The Balaban J connectivity index is 1.46. The third-order valence-corrected chi connectivity index (χ3v) is 6.61. The maximum atomic E-state index is 12.3. The van der Waals surface area contributed by atoms with Crippen molar-refractivity contribution in [1.82, 2.24) is 19.5 Å². The average Bonchev–Trinajstić information content (AvgIpc) is 3.37. The van der Waals surface area contributed by atoms with Crippen molar-refractivity contribution in [1.29, 1.82) is 0 Å². The van der Waals surface area contributed by atoms with E-state index in [0.29, 0.717) is 10.7 Å². The second kappa shape index (κ2) is 10.0. The van der Waals surface area contributed by atoms with Crippen LogP contribution in [0.25, 0.3) is 0 Å². The molecule has 0 aliphatic rings. The van der Waals surface area contributed by atoms with Gasteiger partial charge < -0.3 is 10.1 Å². The van der Waals surface area contributed by atoms with Crippen LogP contribution < -0.4 is 10.0 Å². The highest BCUT2D eigenvalue weighted by atomic mass is 32.2. The van der Waals surface area contributed by atoms with E-state index in [9.17, 15) is 18.0 Å². The Hall–Kier alpha value is -3.09. The molecular weight excluding hydrogens is 454 g/mol. The van der Waals surface area contributed by atoms with E-state index in [0.717, 1.165) is 16.8 Å². The number of aryl methyl sites for hydroxylation is 3. The van der Waals surface area contributed by atoms with Gasteiger partial charge in [0.2, 0.25) is 15.9 Å². The van der Waals surface area contributed by atoms with E-state index >= 15 is 0 Å². The van der Waals surface area contributed by atoms with Crippen molar-refractivity contribution in [3.8, 4) is 0 Å². The van der Waals surface area contributed by atoms with Crippen molar-refractivity contribution in [3.63, 3.8) is 0 Å². The molecule has 0 saturated carbocycles. The Morgan fingerprint density at radius 3 is 2.75 bits per heavy atom. The summed E-state index contributed by atoms with van der Waals surface area (Å²) in [5.74, 6) is -0.943. The van der Waals surface area contributed by atoms with Gasteiger partial charge >= 0.3 is 5.97 Å². The molecule has 3 aromatic rings. The van der Waals surface area contributed by atoms with E-state index < -0.39 is 22.5 Å². The van der Waals surface area contributed by atoms with Gasteiger partial charge in [0.25, 0.3) is 0 Å². The zero-order valence-electron chi connectivity index (χ0n) is 17.8. The lowest BCUT2D eigenvalue weighted by Gasteiger charge is -2.08. The van der Waals surface area contributed by atoms with Crippen LogP contribution in [0.5, 0.6) is 0 Å². The highest BCUT2D eigenvalue weighted by Gasteiger charge is 2.18. The van der Waals surface area contributed by atoms with Crippen molar-refractivity contribution in [2.24, 2.45) is 7.05 Å². The SMILES string of the molecule is Cc1ccc(C)c(NC(=O)Cc2nc(COC(=O)CNS(=O)(=O)c3cnn(C)c3)cs2)c1. The molecule has 2 aromatic heterocycles.